The van der Waals surface area contributed by atoms with Crippen LogP contribution < -0.4 is 11.2 Å². The molecule has 0 aliphatic rings. The Bertz CT molecular complexity index is 556. The molecule has 1 amide bonds. The predicted octanol–water partition coefficient (Wildman–Crippen LogP) is 0.112. The minimum atomic E-state index is -2.24. The van der Waals surface area contributed by atoms with Gasteiger partial charge in [-0.2, -0.15) is 0 Å². The van der Waals surface area contributed by atoms with Crippen molar-refractivity contribution in [2.24, 2.45) is 11.1 Å². The van der Waals surface area contributed by atoms with Gasteiger partial charge in [0, 0.05) is 0 Å². The summed E-state index contributed by atoms with van der Waals surface area (Å²) in [5.74, 6) is -3.54. The van der Waals surface area contributed by atoms with Crippen LogP contribution in [0.5, 0.6) is 0 Å². The number of carbonyl (C=O) groups excluding carboxylic acids is 2. The molecule has 0 spiro atoms. The van der Waals surface area contributed by atoms with Gasteiger partial charge in [-0.25, -0.2) is 10.3 Å². The average molecular weight is 294 g/mol. The van der Waals surface area contributed by atoms with Gasteiger partial charge in [-0.05, 0) is 25.8 Å². The highest BCUT2D eigenvalue weighted by Crippen LogP contribution is 2.28. The van der Waals surface area contributed by atoms with Gasteiger partial charge >= 0.3 is 5.97 Å². The van der Waals surface area contributed by atoms with E-state index in [-0.39, 0.29) is 6.42 Å². The van der Waals surface area contributed by atoms with Crippen LogP contribution in [-0.4, -0.2) is 33.5 Å². The van der Waals surface area contributed by atoms with Gasteiger partial charge in [-0.15, -0.1) is 0 Å². The molecule has 1 unspecified atom stereocenters. The summed E-state index contributed by atoms with van der Waals surface area (Å²) < 4.78 is 0. The molecule has 0 heterocycles. The van der Waals surface area contributed by atoms with Crippen molar-refractivity contribution in [3.8, 4) is 0 Å². The molecule has 0 saturated heterocycles. The summed E-state index contributed by atoms with van der Waals surface area (Å²) >= 11 is 0. The number of hydroxylamine groups is 1. The third-order valence-electron chi connectivity index (χ3n) is 3.42. The van der Waals surface area contributed by atoms with E-state index in [2.05, 4.69) is 0 Å². The van der Waals surface area contributed by atoms with Crippen LogP contribution in [-0.2, 0) is 20.8 Å². The lowest BCUT2D eigenvalue weighted by atomic mass is 9.72. The number of aliphatic carboxylic acids is 1. The monoisotopic (exact) mass is 294 g/mol. The fourth-order valence-corrected chi connectivity index (χ4v) is 2.06. The van der Waals surface area contributed by atoms with Crippen molar-refractivity contribution in [2.45, 2.75) is 25.8 Å². The number of carboxylic acid groups (broad SMARTS) is 1. The van der Waals surface area contributed by atoms with Crippen LogP contribution in [0.3, 0.4) is 0 Å². The maximum atomic E-state index is 12.5. The Morgan fingerprint density at radius 3 is 2.14 bits per heavy atom. The highest BCUT2D eigenvalue weighted by atomic mass is 16.5. The van der Waals surface area contributed by atoms with Crippen LogP contribution in [0, 0.1) is 5.41 Å². The van der Waals surface area contributed by atoms with Gasteiger partial charge in [0.1, 0.15) is 5.41 Å². The number of hydrogen-bond acceptors (Lipinski definition) is 5. The molecule has 0 fully saturated rings. The summed E-state index contributed by atoms with van der Waals surface area (Å²) in [6, 6.07) is 8.57. The highest BCUT2D eigenvalue weighted by Gasteiger charge is 2.51. The SMILES string of the molecule is CC(N)(C(=O)O)C(=O)[C@@](C)(Cc1ccccc1)C(=O)NO. The van der Waals surface area contributed by atoms with Crippen LogP contribution in [0.4, 0.5) is 0 Å². The second kappa shape index (κ2) is 6.02. The molecular weight excluding hydrogens is 276 g/mol. The Morgan fingerprint density at radius 1 is 1.19 bits per heavy atom. The van der Waals surface area contributed by atoms with Gasteiger partial charge < -0.3 is 10.8 Å². The Hall–Kier alpha value is -2.25. The van der Waals surface area contributed by atoms with Gasteiger partial charge in [0.25, 0.3) is 5.91 Å². The Morgan fingerprint density at radius 2 is 1.71 bits per heavy atom. The van der Waals surface area contributed by atoms with Crippen LogP contribution in [0.2, 0.25) is 0 Å². The zero-order valence-electron chi connectivity index (χ0n) is 11.8. The molecule has 0 saturated carbocycles. The molecular formula is C14H18N2O5. The molecule has 0 radical (unpaired) electrons. The minimum absolute atomic E-state index is 0.0842. The zero-order chi connectivity index (χ0) is 16.3. The van der Waals surface area contributed by atoms with E-state index < -0.39 is 28.6 Å². The Labute approximate surface area is 121 Å². The largest absolute Gasteiger partial charge is 0.480 e. The lowest BCUT2D eigenvalue weighted by Crippen LogP contribution is -2.61. The molecule has 0 bridgehead atoms. The number of Topliss-reactive ketones (excluding diaryl/α,β-unsaturated/α-hetero) is 1. The molecule has 7 nitrogen and oxygen atoms in total. The molecule has 2 atom stereocenters. The molecule has 0 aromatic heterocycles. The fourth-order valence-electron chi connectivity index (χ4n) is 2.06. The smallest absolute Gasteiger partial charge is 0.331 e. The average Bonchev–Trinajstić information content (AvgIpc) is 2.46. The van der Waals surface area contributed by atoms with E-state index in [1.165, 1.54) is 12.4 Å². The van der Waals surface area contributed by atoms with Crippen molar-refractivity contribution in [1.82, 2.24) is 5.48 Å². The third kappa shape index (κ3) is 3.26. The number of nitrogens with two attached hydrogens (primary N) is 1. The van der Waals surface area contributed by atoms with Gasteiger partial charge in [-0.1, -0.05) is 30.3 Å². The van der Waals surface area contributed by atoms with E-state index in [1.807, 2.05) is 0 Å². The molecule has 1 rings (SSSR count). The quantitative estimate of drug-likeness (QED) is 0.335. The summed E-state index contributed by atoms with van der Waals surface area (Å²) in [4.78, 5) is 35.5. The summed E-state index contributed by atoms with van der Waals surface area (Å²) in [6.45, 7) is 2.27. The molecule has 7 heteroatoms. The fraction of sp³-hybridized carbons (Fsp3) is 0.357. The maximum Gasteiger partial charge on any atom is 0.331 e. The van der Waals surface area contributed by atoms with E-state index in [4.69, 9.17) is 16.0 Å². The van der Waals surface area contributed by atoms with Gasteiger partial charge in [0.15, 0.2) is 11.3 Å². The normalized spacial score (nSPS) is 16.4. The number of ketones is 1. The third-order valence-corrected chi connectivity index (χ3v) is 3.42. The van der Waals surface area contributed by atoms with Crippen molar-refractivity contribution >= 4 is 17.7 Å². The number of amides is 1. The topological polar surface area (TPSA) is 130 Å². The maximum absolute atomic E-state index is 12.5. The van der Waals surface area contributed by atoms with E-state index in [0.717, 1.165) is 6.92 Å². The minimum Gasteiger partial charge on any atom is -0.480 e. The predicted molar refractivity (Wildman–Crippen MR) is 73.4 cm³/mol. The van der Waals surface area contributed by atoms with E-state index in [0.29, 0.717) is 5.56 Å². The van der Waals surface area contributed by atoms with E-state index >= 15 is 0 Å². The molecule has 1 aromatic rings. The first-order valence-electron chi connectivity index (χ1n) is 6.22. The first-order valence-corrected chi connectivity index (χ1v) is 6.22. The van der Waals surface area contributed by atoms with Crippen LogP contribution in [0.25, 0.3) is 0 Å². The second-order valence-electron chi connectivity index (χ2n) is 5.27. The number of rotatable bonds is 6. The number of nitrogens with one attached hydrogen (secondary N) is 1. The summed E-state index contributed by atoms with van der Waals surface area (Å²) in [7, 11) is 0. The lowest BCUT2D eigenvalue weighted by Gasteiger charge is -2.31. The summed E-state index contributed by atoms with van der Waals surface area (Å²) in [5.41, 5.74) is 3.52. The number of hydrogen-bond donors (Lipinski definition) is 4. The van der Waals surface area contributed by atoms with Crippen molar-refractivity contribution in [3.63, 3.8) is 0 Å². The van der Waals surface area contributed by atoms with Gasteiger partial charge in [0.05, 0.1) is 0 Å². The van der Waals surface area contributed by atoms with E-state index in [1.54, 1.807) is 30.3 Å². The lowest BCUT2D eigenvalue weighted by molar-refractivity contribution is -0.155. The van der Waals surface area contributed by atoms with Gasteiger partial charge in [0.2, 0.25) is 0 Å². The molecule has 0 aliphatic heterocycles. The Kier molecular flexibility index (Phi) is 4.82. The number of carboxylic acids is 1. The van der Waals surface area contributed by atoms with Crippen LogP contribution in [0.15, 0.2) is 30.3 Å². The number of carbonyl (C=O) groups is 3. The van der Waals surface area contributed by atoms with E-state index in [9.17, 15) is 14.4 Å². The molecule has 21 heavy (non-hydrogen) atoms. The van der Waals surface area contributed by atoms with Crippen molar-refractivity contribution < 1.29 is 24.7 Å². The van der Waals surface area contributed by atoms with Crippen LogP contribution in [0.1, 0.15) is 19.4 Å². The van der Waals surface area contributed by atoms with Crippen LogP contribution >= 0.6 is 0 Å². The molecule has 1 aromatic carbocycles. The Balaban J connectivity index is 3.25. The number of benzene rings is 1. The zero-order valence-corrected chi connectivity index (χ0v) is 11.8. The van der Waals surface area contributed by atoms with Crippen molar-refractivity contribution in [1.29, 1.82) is 0 Å². The second-order valence-corrected chi connectivity index (χ2v) is 5.27. The molecule has 0 aliphatic carbocycles. The summed E-state index contributed by atoms with van der Waals surface area (Å²) in [5, 5.41) is 17.9. The van der Waals surface area contributed by atoms with Crippen molar-refractivity contribution in [2.75, 3.05) is 0 Å². The van der Waals surface area contributed by atoms with Gasteiger partial charge in [-0.3, -0.25) is 14.8 Å². The molecule has 5 N–H and O–H groups in total. The first-order chi connectivity index (χ1) is 9.66. The summed E-state index contributed by atoms with van der Waals surface area (Å²) in [6.07, 6.45) is -0.0842. The highest BCUT2D eigenvalue weighted by molar-refractivity contribution is 6.17. The first kappa shape index (κ1) is 16.8. The molecule has 114 valence electrons. The standard InChI is InChI=1S/C14H18N2O5/c1-13(11(18)16-21,8-9-6-4-3-5-7-9)10(17)14(2,15)12(19)20/h3-7,21H,8,15H2,1-2H3,(H,16,18)(H,19,20)/t13-,14?/m1/s1. The van der Waals surface area contributed by atoms with Crippen molar-refractivity contribution in [3.05, 3.63) is 35.9 Å².